The van der Waals surface area contributed by atoms with E-state index in [4.69, 9.17) is 23.7 Å². The minimum absolute atomic E-state index is 0.0165. The first-order valence-corrected chi connectivity index (χ1v) is 14.3. The zero-order valence-corrected chi connectivity index (χ0v) is 26.6. The maximum atomic E-state index is 12.4. The summed E-state index contributed by atoms with van der Waals surface area (Å²) in [5, 5.41) is 0. The first-order chi connectivity index (χ1) is 21.8. The Morgan fingerprint density at radius 1 is 0.609 bits per heavy atom. The van der Waals surface area contributed by atoms with Crippen LogP contribution in [0, 0.1) is 0 Å². The molecule has 0 N–H and O–H groups in total. The SMILES string of the molecule is C=C(C)C(=O)Oc1ccc(-c2ccc(-c3ccc(OC(=O)C(=C)C)c(OC(=O)C(=C)C)c3)cc2OC/C=C/C)cc1OC(=O)CC. The molecule has 0 radical (unpaired) electrons. The maximum Gasteiger partial charge on any atom is 0.338 e. The van der Waals surface area contributed by atoms with Crippen molar-refractivity contribution in [3.63, 3.8) is 0 Å². The standard InChI is InChI=1S/C37H36O9/c1-9-11-18-42-31-19-25(26-13-16-30(45-36(40)23(5)6)33(20-26)46-37(41)24(7)8)12-15-28(31)27-14-17-29(44-35(39)22(3)4)32(21-27)43-34(38)10-2/h9,11-17,19-21H,3,5,7,10,18H2,1-2,4,6,8H3/b11-9+. The van der Waals surface area contributed by atoms with Crippen molar-refractivity contribution in [3.8, 4) is 51.0 Å². The lowest BCUT2D eigenvalue weighted by Gasteiger charge is -2.16. The van der Waals surface area contributed by atoms with Crippen LogP contribution in [0.15, 0.2) is 103 Å². The Bertz CT molecular complexity index is 1740. The number of benzene rings is 3. The molecule has 238 valence electrons. The van der Waals surface area contributed by atoms with E-state index < -0.39 is 23.9 Å². The molecule has 0 amide bonds. The smallest absolute Gasteiger partial charge is 0.338 e. The highest BCUT2D eigenvalue weighted by atomic mass is 16.6. The highest BCUT2D eigenvalue weighted by molar-refractivity contribution is 5.92. The van der Waals surface area contributed by atoms with Crippen LogP contribution in [-0.4, -0.2) is 30.5 Å². The van der Waals surface area contributed by atoms with Crippen molar-refractivity contribution in [3.05, 3.63) is 103 Å². The molecule has 0 aliphatic rings. The summed E-state index contributed by atoms with van der Waals surface area (Å²) in [7, 11) is 0. The molecular formula is C37H36O9. The molecule has 0 aromatic heterocycles. The van der Waals surface area contributed by atoms with Crippen LogP contribution in [0.25, 0.3) is 22.3 Å². The maximum absolute atomic E-state index is 12.4. The Kier molecular flexibility index (Phi) is 12.0. The fourth-order valence-corrected chi connectivity index (χ4v) is 3.74. The van der Waals surface area contributed by atoms with Crippen LogP contribution in [0.3, 0.4) is 0 Å². The van der Waals surface area contributed by atoms with Gasteiger partial charge < -0.3 is 23.7 Å². The van der Waals surface area contributed by atoms with E-state index in [1.165, 1.54) is 32.9 Å². The Labute approximate surface area is 268 Å². The second kappa shape index (κ2) is 15.9. The molecule has 0 bridgehead atoms. The summed E-state index contributed by atoms with van der Waals surface area (Å²) in [4.78, 5) is 49.1. The van der Waals surface area contributed by atoms with Gasteiger partial charge in [0.25, 0.3) is 0 Å². The van der Waals surface area contributed by atoms with Crippen molar-refractivity contribution in [2.75, 3.05) is 6.61 Å². The van der Waals surface area contributed by atoms with Crippen LogP contribution >= 0.6 is 0 Å². The summed E-state index contributed by atoms with van der Waals surface area (Å²) < 4.78 is 27.9. The number of carbonyl (C=O) groups is 4. The van der Waals surface area contributed by atoms with Crippen molar-refractivity contribution in [1.29, 1.82) is 0 Å². The molecule has 0 atom stereocenters. The van der Waals surface area contributed by atoms with Gasteiger partial charge in [-0.2, -0.15) is 0 Å². The van der Waals surface area contributed by atoms with Crippen molar-refractivity contribution in [2.45, 2.75) is 41.0 Å². The van der Waals surface area contributed by atoms with Crippen molar-refractivity contribution in [1.82, 2.24) is 0 Å². The predicted octanol–water partition coefficient (Wildman–Crippen LogP) is 7.74. The lowest BCUT2D eigenvalue weighted by atomic mass is 9.98. The minimum atomic E-state index is -0.688. The van der Waals surface area contributed by atoms with Gasteiger partial charge in [-0.25, -0.2) is 14.4 Å². The van der Waals surface area contributed by atoms with Gasteiger partial charge in [0.15, 0.2) is 23.0 Å². The van der Waals surface area contributed by atoms with Gasteiger partial charge in [-0.1, -0.05) is 63.1 Å². The van der Waals surface area contributed by atoms with Gasteiger partial charge in [-0.15, -0.1) is 0 Å². The third kappa shape index (κ3) is 9.15. The van der Waals surface area contributed by atoms with E-state index in [1.54, 1.807) is 37.3 Å². The Morgan fingerprint density at radius 3 is 1.54 bits per heavy atom. The summed E-state index contributed by atoms with van der Waals surface area (Å²) in [6.07, 6.45) is 3.80. The molecule has 0 spiro atoms. The molecule has 0 aliphatic carbocycles. The molecule has 0 aliphatic heterocycles. The van der Waals surface area contributed by atoms with E-state index in [-0.39, 0.29) is 52.7 Å². The molecule has 3 aromatic carbocycles. The summed E-state index contributed by atoms with van der Waals surface area (Å²) in [5.41, 5.74) is 3.11. The van der Waals surface area contributed by atoms with Gasteiger partial charge in [0.1, 0.15) is 12.4 Å². The number of hydrogen-bond acceptors (Lipinski definition) is 9. The second-order valence-electron chi connectivity index (χ2n) is 10.3. The van der Waals surface area contributed by atoms with Gasteiger partial charge in [0.05, 0.1) is 0 Å². The molecule has 0 heterocycles. The fourth-order valence-electron chi connectivity index (χ4n) is 3.74. The zero-order chi connectivity index (χ0) is 34.0. The Hall–Kier alpha value is -5.70. The molecule has 9 nitrogen and oxygen atoms in total. The van der Waals surface area contributed by atoms with Crippen molar-refractivity contribution in [2.24, 2.45) is 0 Å². The average molecular weight is 625 g/mol. The van der Waals surface area contributed by atoms with E-state index in [1.807, 2.05) is 31.2 Å². The van der Waals surface area contributed by atoms with E-state index in [9.17, 15) is 19.2 Å². The van der Waals surface area contributed by atoms with Crippen LogP contribution in [0.4, 0.5) is 0 Å². The molecule has 3 rings (SSSR count). The van der Waals surface area contributed by atoms with Gasteiger partial charge in [0.2, 0.25) is 0 Å². The largest absolute Gasteiger partial charge is 0.489 e. The number of ether oxygens (including phenoxy) is 5. The number of hydrogen-bond donors (Lipinski definition) is 0. The van der Waals surface area contributed by atoms with Crippen molar-refractivity contribution < 1.29 is 42.9 Å². The fraction of sp³-hybridized carbons (Fsp3) is 0.189. The van der Waals surface area contributed by atoms with E-state index >= 15 is 0 Å². The summed E-state index contributed by atoms with van der Waals surface area (Å²) in [5.74, 6) is -1.87. The van der Waals surface area contributed by atoms with Gasteiger partial charge in [-0.3, -0.25) is 4.79 Å². The molecule has 9 heteroatoms. The first-order valence-electron chi connectivity index (χ1n) is 14.3. The highest BCUT2D eigenvalue weighted by Gasteiger charge is 2.19. The lowest BCUT2D eigenvalue weighted by Crippen LogP contribution is -2.12. The van der Waals surface area contributed by atoms with E-state index in [0.717, 1.165) is 0 Å². The number of esters is 4. The predicted molar refractivity (Wildman–Crippen MR) is 175 cm³/mol. The normalized spacial score (nSPS) is 10.5. The van der Waals surface area contributed by atoms with Crippen LogP contribution in [-0.2, 0) is 19.2 Å². The molecule has 0 saturated carbocycles. The third-order valence-corrected chi connectivity index (χ3v) is 6.25. The number of rotatable bonds is 13. The highest BCUT2D eigenvalue weighted by Crippen LogP contribution is 2.40. The summed E-state index contributed by atoms with van der Waals surface area (Å²) in [6.45, 7) is 19.1. The molecule has 0 saturated heterocycles. The number of allylic oxidation sites excluding steroid dienone is 1. The number of carbonyl (C=O) groups excluding carboxylic acids is 4. The van der Waals surface area contributed by atoms with Gasteiger partial charge >= 0.3 is 23.9 Å². The molecular weight excluding hydrogens is 588 g/mol. The average Bonchev–Trinajstić information content (AvgIpc) is 3.02. The second-order valence-corrected chi connectivity index (χ2v) is 10.3. The lowest BCUT2D eigenvalue weighted by molar-refractivity contribution is -0.135. The Morgan fingerprint density at radius 2 is 1.04 bits per heavy atom. The topological polar surface area (TPSA) is 114 Å². The van der Waals surface area contributed by atoms with Crippen molar-refractivity contribution >= 4 is 23.9 Å². The quantitative estimate of drug-likeness (QED) is 0.0815. The van der Waals surface area contributed by atoms with Gasteiger partial charge in [0, 0.05) is 28.7 Å². The van der Waals surface area contributed by atoms with Crippen LogP contribution in [0.5, 0.6) is 28.7 Å². The van der Waals surface area contributed by atoms with E-state index in [2.05, 4.69) is 19.7 Å². The van der Waals surface area contributed by atoms with Crippen LogP contribution < -0.4 is 23.7 Å². The molecule has 0 unspecified atom stereocenters. The minimum Gasteiger partial charge on any atom is -0.489 e. The molecule has 3 aromatic rings. The summed E-state index contributed by atoms with van der Waals surface area (Å²) >= 11 is 0. The van der Waals surface area contributed by atoms with Crippen LogP contribution in [0.1, 0.15) is 41.0 Å². The summed E-state index contributed by atoms with van der Waals surface area (Å²) in [6, 6.07) is 15.1. The molecule has 46 heavy (non-hydrogen) atoms. The van der Waals surface area contributed by atoms with Crippen LogP contribution in [0.2, 0.25) is 0 Å². The van der Waals surface area contributed by atoms with E-state index in [0.29, 0.717) is 28.0 Å². The Balaban J connectivity index is 2.13. The third-order valence-electron chi connectivity index (χ3n) is 6.25. The first kappa shape index (κ1) is 34.8. The zero-order valence-electron chi connectivity index (χ0n) is 26.6. The monoisotopic (exact) mass is 624 g/mol. The van der Waals surface area contributed by atoms with Gasteiger partial charge in [-0.05, 0) is 74.7 Å². The molecule has 0 fully saturated rings.